The summed E-state index contributed by atoms with van der Waals surface area (Å²) in [4.78, 5) is 4.08. The molecule has 0 aliphatic heterocycles. The summed E-state index contributed by atoms with van der Waals surface area (Å²) < 4.78 is 40.0. The van der Waals surface area contributed by atoms with Crippen LogP contribution in [0.1, 0.15) is 37.5 Å². The number of hydrazine groups is 1. The molecule has 19 heavy (non-hydrogen) atoms. The van der Waals surface area contributed by atoms with E-state index >= 15 is 0 Å². The molecule has 0 aromatic carbocycles. The number of alkyl halides is 3. The lowest BCUT2D eigenvalue weighted by Crippen LogP contribution is -2.39. The fourth-order valence-corrected chi connectivity index (χ4v) is 2.84. The maximum absolute atomic E-state index is 12.8. The molecule has 1 aromatic heterocycles. The van der Waals surface area contributed by atoms with Crippen LogP contribution in [-0.2, 0) is 7.05 Å². The van der Waals surface area contributed by atoms with Gasteiger partial charge in [-0.15, -0.1) is 0 Å². The molecule has 1 aromatic rings. The van der Waals surface area contributed by atoms with Crippen LogP contribution in [0.4, 0.5) is 13.2 Å². The second-order valence-corrected chi connectivity index (χ2v) is 5.05. The number of aromatic nitrogens is 3. The number of hydrogen-bond acceptors (Lipinski definition) is 4. The molecule has 0 radical (unpaired) electrons. The van der Waals surface area contributed by atoms with E-state index in [1.807, 2.05) is 0 Å². The number of nitrogens with two attached hydrogens (primary N) is 1. The van der Waals surface area contributed by atoms with Crippen LogP contribution in [0.5, 0.6) is 0 Å². The van der Waals surface area contributed by atoms with Crippen LogP contribution in [0.15, 0.2) is 6.33 Å². The van der Waals surface area contributed by atoms with Gasteiger partial charge in [0.15, 0.2) is 0 Å². The highest BCUT2D eigenvalue weighted by Gasteiger charge is 2.44. The number of nitrogens with zero attached hydrogens (tertiary/aromatic N) is 3. The number of nitrogens with one attached hydrogen (secondary N) is 1. The van der Waals surface area contributed by atoms with Gasteiger partial charge in [-0.25, -0.2) is 10.4 Å². The topological polar surface area (TPSA) is 68.8 Å². The molecular weight excluding hydrogens is 259 g/mol. The van der Waals surface area contributed by atoms with E-state index in [1.165, 1.54) is 6.33 Å². The highest BCUT2D eigenvalue weighted by Crippen LogP contribution is 2.43. The maximum Gasteiger partial charge on any atom is 0.391 e. The second kappa shape index (κ2) is 5.46. The zero-order chi connectivity index (χ0) is 14.0. The lowest BCUT2D eigenvalue weighted by molar-refractivity contribution is -0.186. The van der Waals surface area contributed by atoms with Gasteiger partial charge in [-0.05, 0) is 25.2 Å². The van der Waals surface area contributed by atoms with Gasteiger partial charge in [0.05, 0.1) is 12.0 Å². The third kappa shape index (κ3) is 3.06. The summed E-state index contributed by atoms with van der Waals surface area (Å²) in [5.41, 5.74) is 2.60. The normalized spacial score (nSPS) is 26.4. The van der Waals surface area contributed by atoms with Crippen LogP contribution in [-0.4, -0.2) is 20.9 Å². The lowest BCUT2D eigenvalue weighted by atomic mass is 9.77. The molecule has 0 amide bonds. The van der Waals surface area contributed by atoms with E-state index in [0.29, 0.717) is 18.7 Å². The molecule has 3 atom stereocenters. The lowest BCUT2D eigenvalue weighted by Gasteiger charge is -2.34. The summed E-state index contributed by atoms with van der Waals surface area (Å²) in [6.45, 7) is 0. The van der Waals surface area contributed by atoms with Gasteiger partial charge >= 0.3 is 6.18 Å². The van der Waals surface area contributed by atoms with E-state index in [4.69, 9.17) is 5.84 Å². The molecule has 1 heterocycles. The minimum atomic E-state index is -4.13. The highest BCUT2D eigenvalue weighted by molar-refractivity contribution is 4.98. The van der Waals surface area contributed by atoms with Crippen LogP contribution < -0.4 is 11.3 Å². The summed E-state index contributed by atoms with van der Waals surface area (Å²) in [5, 5.41) is 3.94. The monoisotopic (exact) mass is 277 g/mol. The Labute approximate surface area is 109 Å². The van der Waals surface area contributed by atoms with Crippen molar-refractivity contribution in [1.29, 1.82) is 0 Å². The summed E-state index contributed by atoms with van der Waals surface area (Å²) in [5.74, 6) is 4.67. The molecule has 1 aliphatic rings. The standard InChI is InChI=1S/C11H18F3N5/c1-19-10(16-6-17-19)9(18-15)7-3-2-4-8(5-7)11(12,13)14/h6-9,18H,2-5,15H2,1H3. The molecule has 5 nitrogen and oxygen atoms in total. The number of halogens is 3. The third-order valence-electron chi connectivity index (χ3n) is 3.85. The van der Waals surface area contributed by atoms with Crippen molar-refractivity contribution in [2.75, 3.05) is 0 Å². The van der Waals surface area contributed by atoms with Crippen LogP contribution in [0.3, 0.4) is 0 Å². The highest BCUT2D eigenvalue weighted by atomic mass is 19.4. The molecule has 3 N–H and O–H groups in total. The Kier molecular flexibility index (Phi) is 4.10. The van der Waals surface area contributed by atoms with E-state index in [2.05, 4.69) is 15.5 Å². The van der Waals surface area contributed by atoms with Crippen LogP contribution in [0.2, 0.25) is 0 Å². The van der Waals surface area contributed by atoms with Gasteiger partial charge in [0, 0.05) is 7.05 Å². The van der Waals surface area contributed by atoms with Crippen LogP contribution in [0.25, 0.3) is 0 Å². The zero-order valence-corrected chi connectivity index (χ0v) is 10.7. The second-order valence-electron chi connectivity index (χ2n) is 5.05. The summed E-state index contributed by atoms with van der Waals surface area (Å²) in [6.07, 6.45) is -1.18. The minimum Gasteiger partial charge on any atom is -0.271 e. The Morgan fingerprint density at radius 1 is 1.47 bits per heavy atom. The fourth-order valence-electron chi connectivity index (χ4n) is 2.84. The smallest absolute Gasteiger partial charge is 0.271 e. The fraction of sp³-hybridized carbons (Fsp3) is 0.818. The summed E-state index contributed by atoms with van der Waals surface area (Å²) in [6, 6.07) is -0.391. The molecule has 8 heteroatoms. The third-order valence-corrected chi connectivity index (χ3v) is 3.85. The van der Waals surface area contributed by atoms with Gasteiger partial charge in [0.2, 0.25) is 0 Å². The van der Waals surface area contributed by atoms with Crippen molar-refractivity contribution in [1.82, 2.24) is 20.2 Å². The molecule has 0 spiro atoms. The van der Waals surface area contributed by atoms with Crippen molar-refractivity contribution in [3.63, 3.8) is 0 Å². The first-order valence-corrected chi connectivity index (χ1v) is 6.30. The predicted octanol–water partition coefficient (Wildman–Crippen LogP) is 1.69. The predicted molar refractivity (Wildman–Crippen MR) is 62.6 cm³/mol. The average Bonchev–Trinajstić information content (AvgIpc) is 2.76. The quantitative estimate of drug-likeness (QED) is 0.651. The first-order valence-electron chi connectivity index (χ1n) is 6.30. The van der Waals surface area contributed by atoms with Gasteiger partial charge in [0.25, 0.3) is 0 Å². The van der Waals surface area contributed by atoms with Crippen molar-refractivity contribution in [2.45, 2.75) is 37.9 Å². The molecule has 3 unspecified atom stereocenters. The van der Waals surface area contributed by atoms with Crippen molar-refractivity contribution in [3.8, 4) is 0 Å². The Morgan fingerprint density at radius 2 is 2.21 bits per heavy atom. The number of rotatable bonds is 3. The molecule has 1 aliphatic carbocycles. The molecule has 0 bridgehead atoms. The Hall–Kier alpha value is -1.15. The molecule has 0 saturated heterocycles. The van der Waals surface area contributed by atoms with Gasteiger partial charge < -0.3 is 0 Å². The van der Waals surface area contributed by atoms with Gasteiger partial charge in [0.1, 0.15) is 12.2 Å². The SMILES string of the molecule is Cn1ncnc1C(NN)C1CCCC(C(F)(F)F)C1. The van der Waals surface area contributed by atoms with Crippen molar-refractivity contribution >= 4 is 0 Å². The number of aryl methyl sites for hydroxylation is 1. The van der Waals surface area contributed by atoms with Gasteiger partial charge in [-0.3, -0.25) is 10.5 Å². The molecule has 1 fully saturated rings. The molecule has 1 saturated carbocycles. The average molecular weight is 277 g/mol. The van der Waals surface area contributed by atoms with Crippen LogP contribution >= 0.6 is 0 Å². The number of hydrogen-bond donors (Lipinski definition) is 2. The largest absolute Gasteiger partial charge is 0.391 e. The molecule has 108 valence electrons. The van der Waals surface area contributed by atoms with Crippen molar-refractivity contribution in [3.05, 3.63) is 12.2 Å². The first kappa shape index (κ1) is 14.3. The van der Waals surface area contributed by atoms with Gasteiger partial charge in [-0.2, -0.15) is 18.3 Å². The molecular formula is C11H18F3N5. The Morgan fingerprint density at radius 3 is 2.74 bits per heavy atom. The molecule has 2 rings (SSSR count). The van der Waals surface area contributed by atoms with Gasteiger partial charge in [-0.1, -0.05) is 6.42 Å². The zero-order valence-electron chi connectivity index (χ0n) is 10.7. The van der Waals surface area contributed by atoms with Crippen molar-refractivity contribution in [2.24, 2.45) is 24.7 Å². The maximum atomic E-state index is 12.8. The van der Waals surface area contributed by atoms with E-state index in [1.54, 1.807) is 11.7 Å². The van der Waals surface area contributed by atoms with E-state index < -0.39 is 18.1 Å². The van der Waals surface area contributed by atoms with E-state index in [9.17, 15) is 13.2 Å². The van der Waals surface area contributed by atoms with E-state index in [-0.39, 0.29) is 18.8 Å². The van der Waals surface area contributed by atoms with E-state index in [0.717, 1.165) is 0 Å². The van der Waals surface area contributed by atoms with Crippen LogP contribution in [0, 0.1) is 11.8 Å². The summed E-state index contributed by atoms with van der Waals surface area (Å²) in [7, 11) is 1.71. The summed E-state index contributed by atoms with van der Waals surface area (Å²) >= 11 is 0. The Bertz CT molecular complexity index is 417. The Balaban J connectivity index is 2.13. The van der Waals surface area contributed by atoms with Crippen molar-refractivity contribution < 1.29 is 13.2 Å². The first-order chi connectivity index (χ1) is 8.93. The minimum absolute atomic E-state index is 0.0885.